The number of benzene rings is 2. The normalized spacial score (nSPS) is 11.4. The van der Waals surface area contributed by atoms with Crippen LogP contribution in [-0.2, 0) is 26.9 Å². The molecule has 1 aromatic heterocycles. The van der Waals surface area contributed by atoms with Gasteiger partial charge in [0, 0.05) is 11.9 Å². The molecule has 0 aliphatic rings. The molecule has 0 unspecified atom stereocenters. The number of carbonyl (C=O) groups is 2. The Bertz CT molecular complexity index is 1130. The number of halogens is 3. The number of alkyl halides is 3. The van der Waals surface area contributed by atoms with E-state index in [0.29, 0.717) is 11.1 Å². The highest BCUT2D eigenvalue weighted by molar-refractivity contribution is 5.96. The number of aryl methyl sites for hydroxylation is 1. The molecule has 3 aromatic rings. The van der Waals surface area contributed by atoms with E-state index in [-0.39, 0.29) is 12.1 Å². The smallest absolute Gasteiger partial charge is 0.416 e. The molecule has 0 N–H and O–H groups in total. The van der Waals surface area contributed by atoms with Gasteiger partial charge in [0.25, 0.3) is 5.91 Å². The quantitative estimate of drug-likeness (QED) is 0.297. The molecule has 0 fully saturated rings. The molecule has 0 radical (unpaired) electrons. The van der Waals surface area contributed by atoms with Crippen molar-refractivity contribution in [3.05, 3.63) is 95.3 Å². The Morgan fingerprint density at radius 3 is 2.48 bits per heavy atom. The van der Waals surface area contributed by atoms with Crippen LogP contribution < -0.4 is 5.01 Å². The minimum absolute atomic E-state index is 0.0998. The molecule has 0 spiro atoms. The van der Waals surface area contributed by atoms with Crippen molar-refractivity contribution in [1.29, 1.82) is 0 Å². The molecular formula is C24H20F3N3O3. The SMILES string of the molecule is Cc1ccc(CC(=O)OCC(=O)N(N=Cc2ccccc2)c2cccc(C(F)(F)F)c2)cn1. The summed E-state index contributed by atoms with van der Waals surface area (Å²) in [5.41, 5.74) is 0.980. The first kappa shape index (κ1) is 23.6. The molecule has 1 amide bonds. The molecule has 170 valence electrons. The molecule has 2 aromatic carbocycles. The maximum atomic E-state index is 13.2. The average molecular weight is 455 g/mol. The van der Waals surface area contributed by atoms with Gasteiger partial charge in [0.1, 0.15) is 0 Å². The standard InChI is InChI=1S/C24H20F3N3O3/c1-17-10-11-19(14-28-17)12-23(32)33-16-22(31)30(29-15-18-6-3-2-4-7-18)21-9-5-8-20(13-21)24(25,26)27/h2-11,13-15H,12,16H2,1H3. The van der Waals surface area contributed by atoms with E-state index in [4.69, 9.17) is 4.74 Å². The van der Waals surface area contributed by atoms with Crippen molar-refractivity contribution < 1.29 is 27.5 Å². The van der Waals surface area contributed by atoms with E-state index in [1.165, 1.54) is 24.5 Å². The number of amides is 1. The van der Waals surface area contributed by atoms with E-state index in [1.54, 1.807) is 49.4 Å². The lowest BCUT2D eigenvalue weighted by atomic mass is 10.2. The summed E-state index contributed by atoms with van der Waals surface area (Å²) >= 11 is 0. The highest BCUT2D eigenvalue weighted by atomic mass is 19.4. The van der Waals surface area contributed by atoms with Crippen molar-refractivity contribution in [3.63, 3.8) is 0 Å². The van der Waals surface area contributed by atoms with Gasteiger partial charge in [-0.3, -0.25) is 14.6 Å². The average Bonchev–Trinajstić information content (AvgIpc) is 2.80. The number of pyridine rings is 1. The molecule has 0 saturated heterocycles. The maximum Gasteiger partial charge on any atom is 0.416 e. The number of hydrogen-bond acceptors (Lipinski definition) is 5. The Labute approximate surface area is 188 Å². The molecule has 33 heavy (non-hydrogen) atoms. The van der Waals surface area contributed by atoms with Gasteiger partial charge in [0.15, 0.2) is 6.61 Å². The van der Waals surface area contributed by atoms with Crippen molar-refractivity contribution in [2.75, 3.05) is 11.6 Å². The molecule has 1 heterocycles. The largest absolute Gasteiger partial charge is 0.455 e. The van der Waals surface area contributed by atoms with Crippen LogP contribution in [0.1, 0.15) is 22.4 Å². The van der Waals surface area contributed by atoms with Crippen molar-refractivity contribution in [3.8, 4) is 0 Å². The highest BCUT2D eigenvalue weighted by Crippen LogP contribution is 2.31. The summed E-state index contributed by atoms with van der Waals surface area (Å²) in [6.07, 6.45) is -1.84. The number of anilines is 1. The number of carbonyl (C=O) groups excluding carboxylic acids is 2. The molecule has 0 atom stereocenters. The third kappa shape index (κ3) is 6.99. The van der Waals surface area contributed by atoms with Crippen molar-refractivity contribution >= 4 is 23.8 Å². The number of hydrazone groups is 1. The van der Waals surface area contributed by atoms with Crippen LogP contribution in [0.2, 0.25) is 0 Å². The van der Waals surface area contributed by atoms with E-state index >= 15 is 0 Å². The molecule has 0 aliphatic carbocycles. The van der Waals surface area contributed by atoms with Gasteiger partial charge in [0.2, 0.25) is 0 Å². The number of ether oxygens (including phenoxy) is 1. The lowest BCUT2D eigenvalue weighted by molar-refractivity contribution is -0.147. The monoisotopic (exact) mass is 455 g/mol. The van der Waals surface area contributed by atoms with Gasteiger partial charge in [-0.2, -0.15) is 23.3 Å². The van der Waals surface area contributed by atoms with Crippen molar-refractivity contribution in [1.82, 2.24) is 4.98 Å². The predicted molar refractivity (Wildman–Crippen MR) is 117 cm³/mol. The van der Waals surface area contributed by atoms with Crippen LogP contribution in [0.4, 0.5) is 18.9 Å². The lowest BCUT2D eigenvalue weighted by Gasteiger charge is -2.18. The van der Waals surface area contributed by atoms with Crippen LogP contribution in [0.15, 0.2) is 78.0 Å². The molecular weight excluding hydrogens is 435 g/mol. The van der Waals surface area contributed by atoms with Gasteiger partial charge in [-0.15, -0.1) is 0 Å². The number of nitrogens with zero attached hydrogens (tertiary/aromatic N) is 3. The molecule has 3 rings (SSSR count). The third-order valence-electron chi connectivity index (χ3n) is 4.45. The summed E-state index contributed by atoms with van der Waals surface area (Å²) in [6, 6.07) is 16.4. The van der Waals surface area contributed by atoms with E-state index in [9.17, 15) is 22.8 Å². The fourth-order valence-corrected chi connectivity index (χ4v) is 2.78. The minimum atomic E-state index is -4.59. The van der Waals surface area contributed by atoms with Crippen molar-refractivity contribution in [2.45, 2.75) is 19.5 Å². The number of hydrogen-bond donors (Lipinski definition) is 0. The molecule has 9 heteroatoms. The predicted octanol–water partition coefficient (Wildman–Crippen LogP) is 4.56. The molecule has 6 nitrogen and oxygen atoms in total. The fraction of sp³-hybridized carbons (Fsp3) is 0.167. The van der Waals surface area contributed by atoms with Crippen LogP contribution in [0.5, 0.6) is 0 Å². The Kier molecular flexibility index (Phi) is 7.55. The number of rotatable bonds is 7. The Hall–Kier alpha value is -4.01. The summed E-state index contributed by atoms with van der Waals surface area (Å²) in [5, 5.41) is 4.83. The Morgan fingerprint density at radius 1 is 1.06 bits per heavy atom. The van der Waals surface area contributed by atoms with Gasteiger partial charge in [0.05, 0.1) is 23.9 Å². The van der Waals surface area contributed by atoms with E-state index in [2.05, 4.69) is 10.1 Å². The second-order valence-corrected chi connectivity index (χ2v) is 7.05. The molecule has 0 aliphatic heterocycles. The van der Waals surface area contributed by atoms with Crippen LogP contribution >= 0.6 is 0 Å². The zero-order valence-electron chi connectivity index (χ0n) is 17.6. The van der Waals surface area contributed by atoms with E-state index < -0.39 is 30.2 Å². The Morgan fingerprint density at radius 2 is 1.82 bits per heavy atom. The van der Waals surface area contributed by atoms with Crippen LogP contribution in [0.3, 0.4) is 0 Å². The van der Waals surface area contributed by atoms with Gasteiger partial charge in [-0.1, -0.05) is 42.5 Å². The van der Waals surface area contributed by atoms with E-state index in [1.807, 2.05) is 0 Å². The highest BCUT2D eigenvalue weighted by Gasteiger charge is 2.31. The maximum absolute atomic E-state index is 13.2. The first-order valence-electron chi connectivity index (χ1n) is 9.89. The zero-order chi connectivity index (χ0) is 23.8. The fourth-order valence-electron chi connectivity index (χ4n) is 2.78. The van der Waals surface area contributed by atoms with Crippen LogP contribution in [0, 0.1) is 6.92 Å². The molecule has 0 bridgehead atoms. The zero-order valence-corrected chi connectivity index (χ0v) is 17.6. The van der Waals surface area contributed by atoms with Crippen LogP contribution in [0.25, 0.3) is 0 Å². The van der Waals surface area contributed by atoms with Gasteiger partial charge < -0.3 is 4.74 Å². The van der Waals surface area contributed by atoms with Crippen LogP contribution in [-0.4, -0.2) is 29.7 Å². The second kappa shape index (κ2) is 10.5. The number of esters is 1. The minimum Gasteiger partial charge on any atom is -0.455 e. The third-order valence-corrected chi connectivity index (χ3v) is 4.45. The first-order chi connectivity index (χ1) is 15.7. The van der Waals surface area contributed by atoms with Gasteiger partial charge in [-0.05, 0) is 42.3 Å². The van der Waals surface area contributed by atoms with Gasteiger partial charge in [-0.25, -0.2) is 0 Å². The summed E-state index contributed by atoms with van der Waals surface area (Å²) in [7, 11) is 0. The summed E-state index contributed by atoms with van der Waals surface area (Å²) in [6.45, 7) is 1.11. The molecule has 0 saturated carbocycles. The Balaban J connectivity index is 1.76. The summed E-state index contributed by atoms with van der Waals surface area (Å²) < 4.78 is 44.5. The first-order valence-corrected chi connectivity index (χ1v) is 9.89. The number of aromatic nitrogens is 1. The van der Waals surface area contributed by atoms with E-state index in [0.717, 1.165) is 22.8 Å². The van der Waals surface area contributed by atoms with Crippen molar-refractivity contribution in [2.24, 2.45) is 5.10 Å². The summed E-state index contributed by atoms with van der Waals surface area (Å²) in [4.78, 5) is 29.0. The lowest BCUT2D eigenvalue weighted by Crippen LogP contribution is -2.31. The topological polar surface area (TPSA) is 71.9 Å². The second-order valence-electron chi connectivity index (χ2n) is 7.05. The van der Waals surface area contributed by atoms with Gasteiger partial charge >= 0.3 is 12.1 Å². The summed E-state index contributed by atoms with van der Waals surface area (Å²) in [5.74, 6) is -1.48.